The third-order valence-electron chi connectivity index (χ3n) is 2.83. The maximum Gasteiger partial charge on any atom is 0.356 e. The predicted molar refractivity (Wildman–Crippen MR) is 74.0 cm³/mol. The van der Waals surface area contributed by atoms with Crippen molar-refractivity contribution < 1.29 is 9.90 Å². The molecule has 0 spiro atoms. The van der Waals surface area contributed by atoms with E-state index >= 15 is 0 Å². The number of rotatable bonds is 3. The van der Waals surface area contributed by atoms with Crippen molar-refractivity contribution in [1.29, 1.82) is 0 Å². The summed E-state index contributed by atoms with van der Waals surface area (Å²) in [7, 11) is 0. The minimum absolute atomic E-state index is 0.0855. The standard InChI is InChI=1S/C14H10N4O2/c19-14(20)12-4-5-13(18-17-12)16-11-3-1-2-9-8-15-7-6-10(9)11/h1-8H,(H,16,18)(H,19,20). The molecular weight excluding hydrogens is 256 g/mol. The molecule has 0 radical (unpaired) electrons. The lowest BCUT2D eigenvalue weighted by molar-refractivity contribution is 0.0689. The summed E-state index contributed by atoms with van der Waals surface area (Å²) < 4.78 is 0. The van der Waals surface area contributed by atoms with Crippen LogP contribution in [0.15, 0.2) is 48.8 Å². The fourth-order valence-corrected chi connectivity index (χ4v) is 1.88. The number of nitrogens with zero attached hydrogens (tertiary/aromatic N) is 3. The van der Waals surface area contributed by atoms with Crippen LogP contribution in [-0.4, -0.2) is 26.3 Å². The topological polar surface area (TPSA) is 88.0 Å². The second-order valence-electron chi connectivity index (χ2n) is 4.14. The summed E-state index contributed by atoms with van der Waals surface area (Å²) in [6.45, 7) is 0. The second kappa shape index (κ2) is 4.93. The average Bonchev–Trinajstić information content (AvgIpc) is 2.48. The summed E-state index contributed by atoms with van der Waals surface area (Å²) in [6.07, 6.45) is 3.49. The first-order chi connectivity index (χ1) is 9.74. The Morgan fingerprint density at radius 1 is 1.10 bits per heavy atom. The summed E-state index contributed by atoms with van der Waals surface area (Å²) in [5.74, 6) is -0.611. The summed E-state index contributed by atoms with van der Waals surface area (Å²) in [5, 5.41) is 21.4. The number of carbonyl (C=O) groups is 1. The molecular formula is C14H10N4O2. The molecule has 0 saturated carbocycles. The molecule has 0 unspecified atom stereocenters. The zero-order valence-electron chi connectivity index (χ0n) is 10.3. The van der Waals surface area contributed by atoms with E-state index in [1.165, 1.54) is 6.07 Å². The number of nitrogens with one attached hydrogen (secondary N) is 1. The first-order valence-corrected chi connectivity index (χ1v) is 5.91. The van der Waals surface area contributed by atoms with Crippen LogP contribution in [0.4, 0.5) is 11.5 Å². The number of aromatic carboxylic acids is 1. The molecule has 20 heavy (non-hydrogen) atoms. The SMILES string of the molecule is O=C(O)c1ccc(Nc2cccc3cnccc23)nn1. The molecule has 6 nitrogen and oxygen atoms in total. The Balaban J connectivity index is 1.95. The normalized spacial score (nSPS) is 10.4. The van der Waals surface area contributed by atoms with Gasteiger partial charge < -0.3 is 10.4 Å². The number of fused-ring (bicyclic) bond motifs is 1. The number of carboxylic acid groups (broad SMARTS) is 1. The Kier molecular flexibility index (Phi) is 2.96. The van der Waals surface area contributed by atoms with E-state index in [4.69, 9.17) is 5.11 Å². The van der Waals surface area contributed by atoms with Crippen LogP contribution in [0.25, 0.3) is 10.8 Å². The van der Waals surface area contributed by atoms with Crippen molar-refractivity contribution in [1.82, 2.24) is 15.2 Å². The fraction of sp³-hybridized carbons (Fsp3) is 0. The minimum atomic E-state index is -1.10. The van der Waals surface area contributed by atoms with E-state index in [1.807, 2.05) is 24.3 Å². The monoisotopic (exact) mass is 266 g/mol. The van der Waals surface area contributed by atoms with Crippen LogP contribution in [0.3, 0.4) is 0 Å². The minimum Gasteiger partial charge on any atom is -0.476 e. The summed E-state index contributed by atoms with van der Waals surface area (Å²) in [4.78, 5) is 14.8. The van der Waals surface area contributed by atoms with Gasteiger partial charge in [-0.25, -0.2) is 4.79 Å². The molecule has 0 atom stereocenters. The van der Waals surface area contributed by atoms with Gasteiger partial charge in [-0.3, -0.25) is 4.98 Å². The Hall–Kier alpha value is -3.02. The second-order valence-corrected chi connectivity index (χ2v) is 4.14. The number of benzene rings is 1. The van der Waals surface area contributed by atoms with Gasteiger partial charge >= 0.3 is 5.97 Å². The number of hydrogen-bond acceptors (Lipinski definition) is 5. The zero-order chi connectivity index (χ0) is 13.9. The van der Waals surface area contributed by atoms with Gasteiger partial charge in [-0.05, 0) is 24.3 Å². The lowest BCUT2D eigenvalue weighted by Crippen LogP contribution is -2.03. The van der Waals surface area contributed by atoms with Crippen molar-refractivity contribution in [2.75, 3.05) is 5.32 Å². The fourth-order valence-electron chi connectivity index (χ4n) is 1.88. The van der Waals surface area contributed by atoms with Gasteiger partial charge in [0.05, 0.1) is 0 Å². The maximum absolute atomic E-state index is 10.7. The van der Waals surface area contributed by atoms with Crippen molar-refractivity contribution in [3.8, 4) is 0 Å². The van der Waals surface area contributed by atoms with Gasteiger partial charge in [-0.1, -0.05) is 12.1 Å². The summed E-state index contributed by atoms with van der Waals surface area (Å²) in [6, 6.07) is 10.7. The van der Waals surface area contributed by atoms with Gasteiger partial charge in [0.25, 0.3) is 0 Å². The molecule has 0 bridgehead atoms. The molecule has 0 saturated heterocycles. The Bertz CT molecular complexity index is 766. The molecule has 0 amide bonds. The number of anilines is 2. The lowest BCUT2D eigenvalue weighted by atomic mass is 10.1. The van der Waals surface area contributed by atoms with Gasteiger partial charge in [0.1, 0.15) is 0 Å². The van der Waals surface area contributed by atoms with E-state index in [2.05, 4.69) is 20.5 Å². The Morgan fingerprint density at radius 2 is 2.00 bits per heavy atom. The molecule has 0 aliphatic carbocycles. The van der Waals surface area contributed by atoms with Crippen LogP contribution in [0, 0.1) is 0 Å². The molecule has 0 aliphatic rings. The van der Waals surface area contributed by atoms with Crippen LogP contribution in [0.5, 0.6) is 0 Å². The van der Waals surface area contributed by atoms with Crippen molar-refractivity contribution in [3.05, 3.63) is 54.5 Å². The van der Waals surface area contributed by atoms with Crippen molar-refractivity contribution in [2.24, 2.45) is 0 Å². The maximum atomic E-state index is 10.7. The molecule has 98 valence electrons. The molecule has 0 fully saturated rings. The third kappa shape index (κ3) is 2.26. The van der Waals surface area contributed by atoms with Gasteiger partial charge in [0, 0.05) is 28.9 Å². The molecule has 2 N–H and O–H groups in total. The number of carboxylic acids is 1. The summed E-state index contributed by atoms with van der Waals surface area (Å²) in [5.41, 5.74) is 0.778. The van der Waals surface area contributed by atoms with Crippen LogP contribution in [0.1, 0.15) is 10.5 Å². The number of aromatic nitrogens is 3. The van der Waals surface area contributed by atoms with Crippen LogP contribution in [0.2, 0.25) is 0 Å². The number of hydrogen-bond donors (Lipinski definition) is 2. The number of pyridine rings is 1. The van der Waals surface area contributed by atoms with Crippen LogP contribution in [-0.2, 0) is 0 Å². The van der Waals surface area contributed by atoms with Gasteiger partial charge in [-0.2, -0.15) is 0 Å². The summed E-state index contributed by atoms with van der Waals surface area (Å²) >= 11 is 0. The quantitative estimate of drug-likeness (QED) is 0.757. The molecule has 2 heterocycles. The van der Waals surface area contributed by atoms with Crippen molar-refractivity contribution in [2.45, 2.75) is 0 Å². The third-order valence-corrected chi connectivity index (χ3v) is 2.83. The van der Waals surface area contributed by atoms with Crippen molar-refractivity contribution >= 4 is 28.2 Å². The highest BCUT2D eigenvalue weighted by molar-refractivity contribution is 5.94. The Labute approximate surface area is 114 Å². The van der Waals surface area contributed by atoms with Gasteiger partial charge in [-0.15, -0.1) is 10.2 Å². The first kappa shape index (κ1) is 12.0. The van der Waals surface area contributed by atoms with E-state index < -0.39 is 5.97 Å². The average molecular weight is 266 g/mol. The smallest absolute Gasteiger partial charge is 0.356 e. The molecule has 3 aromatic rings. The predicted octanol–water partition coefficient (Wildman–Crippen LogP) is 2.47. The van der Waals surface area contributed by atoms with E-state index in [1.54, 1.807) is 18.5 Å². The highest BCUT2D eigenvalue weighted by Gasteiger charge is 2.06. The lowest BCUT2D eigenvalue weighted by Gasteiger charge is -2.08. The van der Waals surface area contributed by atoms with E-state index in [9.17, 15) is 4.79 Å². The van der Waals surface area contributed by atoms with E-state index in [0.717, 1.165) is 16.5 Å². The molecule has 3 rings (SSSR count). The first-order valence-electron chi connectivity index (χ1n) is 5.91. The highest BCUT2D eigenvalue weighted by Crippen LogP contribution is 2.24. The van der Waals surface area contributed by atoms with E-state index in [-0.39, 0.29) is 5.69 Å². The highest BCUT2D eigenvalue weighted by atomic mass is 16.4. The largest absolute Gasteiger partial charge is 0.476 e. The van der Waals surface area contributed by atoms with Crippen molar-refractivity contribution in [3.63, 3.8) is 0 Å². The molecule has 6 heteroatoms. The van der Waals surface area contributed by atoms with Gasteiger partial charge in [0.15, 0.2) is 11.5 Å². The molecule has 0 aliphatic heterocycles. The van der Waals surface area contributed by atoms with Crippen LogP contribution < -0.4 is 5.32 Å². The van der Waals surface area contributed by atoms with Crippen LogP contribution >= 0.6 is 0 Å². The zero-order valence-corrected chi connectivity index (χ0v) is 10.3. The van der Waals surface area contributed by atoms with E-state index in [0.29, 0.717) is 5.82 Å². The molecule has 1 aromatic carbocycles. The Morgan fingerprint density at radius 3 is 2.75 bits per heavy atom. The molecule has 2 aromatic heterocycles. The van der Waals surface area contributed by atoms with Gasteiger partial charge in [0.2, 0.25) is 0 Å².